The van der Waals surface area contributed by atoms with Crippen molar-refractivity contribution in [1.82, 2.24) is 9.97 Å². The number of benzene rings is 1. The van der Waals surface area contributed by atoms with Gasteiger partial charge in [0, 0.05) is 30.9 Å². The van der Waals surface area contributed by atoms with Gasteiger partial charge in [0.1, 0.15) is 29.6 Å². The Morgan fingerprint density at radius 2 is 2.26 bits per heavy atom. The highest BCUT2D eigenvalue weighted by Gasteiger charge is 2.23. The van der Waals surface area contributed by atoms with Crippen LogP contribution in [0.2, 0.25) is 0 Å². The van der Waals surface area contributed by atoms with Crippen molar-refractivity contribution < 1.29 is 4.39 Å². The summed E-state index contributed by atoms with van der Waals surface area (Å²) in [6.45, 7) is 3.45. The van der Waals surface area contributed by atoms with Crippen LogP contribution in [0.5, 0.6) is 0 Å². The number of halogens is 1. The molecule has 0 spiro atoms. The van der Waals surface area contributed by atoms with E-state index in [9.17, 15) is 9.65 Å². The van der Waals surface area contributed by atoms with Crippen LogP contribution >= 0.6 is 0 Å². The standard InChI is InChI=1S/C17H18FN5/c1-12-8-17(21-11-20-12)22-13-4-3-7-23(10-13)16-6-2-5-15(18)14(16)9-19/h2,5-6,8,11,13H,3-4,7,10H2,1H3,(H,20,21,22). The lowest BCUT2D eigenvalue weighted by molar-refractivity contribution is 0.527. The van der Waals surface area contributed by atoms with Gasteiger partial charge in [-0.15, -0.1) is 0 Å². The lowest BCUT2D eigenvalue weighted by Gasteiger charge is -2.35. The molecule has 1 fully saturated rings. The normalized spacial score (nSPS) is 17.6. The molecule has 1 N–H and O–H groups in total. The Bertz CT molecular complexity index is 740. The zero-order chi connectivity index (χ0) is 16.2. The average molecular weight is 311 g/mol. The molecule has 0 radical (unpaired) electrons. The Kier molecular flexibility index (Phi) is 4.38. The number of anilines is 2. The molecule has 0 bridgehead atoms. The van der Waals surface area contributed by atoms with E-state index < -0.39 is 5.82 Å². The van der Waals surface area contributed by atoms with Crippen molar-refractivity contribution in [3.8, 4) is 6.07 Å². The van der Waals surface area contributed by atoms with Crippen molar-refractivity contribution >= 4 is 11.5 Å². The monoisotopic (exact) mass is 311 g/mol. The third kappa shape index (κ3) is 3.39. The van der Waals surface area contributed by atoms with Gasteiger partial charge in [-0.3, -0.25) is 0 Å². The predicted molar refractivity (Wildman–Crippen MR) is 86.7 cm³/mol. The molecule has 6 heteroatoms. The van der Waals surface area contributed by atoms with E-state index >= 15 is 0 Å². The van der Waals surface area contributed by atoms with Crippen LogP contribution in [0.3, 0.4) is 0 Å². The maximum atomic E-state index is 13.8. The van der Waals surface area contributed by atoms with Gasteiger partial charge in [-0.25, -0.2) is 14.4 Å². The lowest BCUT2D eigenvalue weighted by atomic mass is 10.0. The molecular weight excluding hydrogens is 293 g/mol. The first kappa shape index (κ1) is 15.2. The Morgan fingerprint density at radius 3 is 3.04 bits per heavy atom. The second-order valence-corrected chi connectivity index (χ2v) is 5.72. The minimum Gasteiger partial charge on any atom is -0.368 e. The molecule has 0 saturated carbocycles. The molecule has 0 aliphatic carbocycles. The summed E-state index contributed by atoms with van der Waals surface area (Å²) in [7, 11) is 0. The highest BCUT2D eigenvalue weighted by molar-refractivity contribution is 5.60. The van der Waals surface area contributed by atoms with Crippen LogP contribution < -0.4 is 10.2 Å². The van der Waals surface area contributed by atoms with Crippen molar-refractivity contribution in [3.63, 3.8) is 0 Å². The first-order chi connectivity index (χ1) is 11.2. The fourth-order valence-electron chi connectivity index (χ4n) is 2.94. The van der Waals surface area contributed by atoms with Crippen molar-refractivity contribution in [1.29, 1.82) is 5.26 Å². The molecule has 1 saturated heterocycles. The van der Waals surface area contributed by atoms with Crippen molar-refractivity contribution in [3.05, 3.63) is 47.7 Å². The second kappa shape index (κ2) is 6.61. The molecule has 5 nitrogen and oxygen atoms in total. The summed E-state index contributed by atoms with van der Waals surface area (Å²) in [6.07, 6.45) is 3.53. The SMILES string of the molecule is Cc1cc(NC2CCCN(c3cccc(F)c3C#N)C2)ncn1. The Balaban J connectivity index is 1.76. The average Bonchev–Trinajstić information content (AvgIpc) is 2.55. The van der Waals surface area contributed by atoms with Crippen LogP contribution in [-0.2, 0) is 0 Å². The van der Waals surface area contributed by atoms with Crippen molar-refractivity contribution in [2.75, 3.05) is 23.3 Å². The van der Waals surface area contributed by atoms with Crippen molar-refractivity contribution in [2.45, 2.75) is 25.8 Å². The van der Waals surface area contributed by atoms with E-state index in [0.717, 1.165) is 30.9 Å². The second-order valence-electron chi connectivity index (χ2n) is 5.72. The fourth-order valence-corrected chi connectivity index (χ4v) is 2.94. The number of aryl methyl sites for hydroxylation is 1. The molecule has 1 aromatic carbocycles. The zero-order valence-corrected chi connectivity index (χ0v) is 13.0. The van der Waals surface area contributed by atoms with Gasteiger partial charge in [0.2, 0.25) is 0 Å². The fraction of sp³-hybridized carbons (Fsp3) is 0.353. The molecule has 2 aromatic rings. The third-order valence-electron chi connectivity index (χ3n) is 4.02. The van der Waals surface area contributed by atoms with Gasteiger partial charge in [0.05, 0.1) is 5.69 Å². The smallest absolute Gasteiger partial charge is 0.143 e. The Morgan fingerprint density at radius 1 is 1.39 bits per heavy atom. The number of nitrogens with one attached hydrogen (secondary N) is 1. The van der Waals surface area contributed by atoms with Gasteiger partial charge in [-0.1, -0.05) is 6.07 Å². The predicted octanol–water partition coefficient (Wildman–Crippen LogP) is 2.88. The Labute approximate surface area is 134 Å². The topological polar surface area (TPSA) is 64.8 Å². The molecule has 0 amide bonds. The van der Waals surface area contributed by atoms with E-state index in [1.165, 1.54) is 6.07 Å². The first-order valence-electron chi connectivity index (χ1n) is 7.66. The molecule has 1 aliphatic heterocycles. The molecule has 1 unspecified atom stereocenters. The summed E-state index contributed by atoms with van der Waals surface area (Å²) in [5.41, 5.74) is 1.69. The molecular formula is C17H18FN5. The highest BCUT2D eigenvalue weighted by atomic mass is 19.1. The summed E-state index contributed by atoms with van der Waals surface area (Å²) in [6, 6.07) is 8.86. The largest absolute Gasteiger partial charge is 0.368 e. The maximum Gasteiger partial charge on any atom is 0.143 e. The summed E-state index contributed by atoms with van der Waals surface area (Å²) in [4.78, 5) is 10.4. The van der Waals surface area contributed by atoms with Gasteiger partial charge < -0.3 is 10.2 Å². The van der Waals surface area contributed by atoms with Crippen LogP contribution in [-0.4, -0.2) is 29.1 Å². The number of hydrogen-bond acceptors (Lipinski definition) is 5. The van der Waals surface area contributed by atoms with E-state index in [1.54, 1.807) is 18.5 Å². The molecule has 1 aromatic heterocycles. The lowest BCUT2D eigenvalue weighted by Crippen LogP contribution is -2.42. The summed E-state index contributed by atoms with van der Waals surface area (Å²) in [5.74, 6) is 0.329. The van der Waals surface area contributed by atoms with Crippen LogP contribution in [0, 0.1) is 24.1 Å². The quantitative estimate of drug-likeness (QED) is 0.944. The van der Waals surface area contributed by atoms with E-state index in [-0.39, 0.29) is 11.6 Å². The van der Waals surface area contributed by atoms with E-state index in [2.05, 4.69) is 20.2 Å². The number of hydrogen-bond donors (Lipinski definition) is 1. The van der Waals surface area contributed by atoms with Gasteiger partial charge in [-0.2, -0.15) is 5.26 Å². The molecule has 1 atom stereocenters. The summed E-state index contributed by atoms with van der Waals surface area (Å²) in [5, 5.41) is 12.6. The van der Waals surface area contributed by atoms with E-state index in [4.69, 9.17) is 0 Å². The van der Waals surface area contributed by atoms with Crippen molar-refractivity contribution in [2.24, 2.45) is 0 Å². The van der Waals surface area contributed by atoms with Gasteiger partial charge in [-0.05, 0) is 31.9 Å². The highest BCUT2D eigenvalue weighted by Crippen LogP contribution is 2.26. The first-order valence-corrected chi connectivity index (χ1v) is 7.66. The van der Waals surface area contributed by atoms with Crippen LogP contribution in [0.15, 0.2) is 30.6 Å². The number of nitrogens with zero attached hydrogens (tertiary/aromatic N) is 4. The third-order valence-corrected chi connectivity index (χ3v) is 4.02. The van der Waals surface area contributed by atoms with Gasteiger partial charge in [0.25, 0.3) is 0 Å². The molecule has 1 aliphatic rings. The minimum atomic E-state index is -0.466. The number of aromatic nitrogens is 2. The minimum absolute atomic E-state index is 0.117. The molecule has 3 rings (SSSR count). The van der Waals surface area contributed by atoms with Gasteiger partial charge in [0.15, 0.2) is 0 Å². The van der Waals surface area contributed by atoms with Gasteiger partial charge >= 0.3 is 0 Å². The van der Waals surface area contributed by atoms with Crippen LogP contribution in [0.1, 0.15) is 24.1 Å². The molecule has 118 valence electrons. The Hall–Kier alpha value is -2.68. The van der Waals surface area contributed by atoms with Crippen LogP contribution in [0.4, 0.5) is 15.9 Å². The zero-order valence-electron chi connectivity index (χ0n) is 13.0. The summed E-state index contributed by atoms with van der Waals surface area (Å²) < 4.78 is 13.8. The number of nitriles is 1. The number of piperidine rings is 1. The number of rotatable bonds is 3. The van der Waals surface area contributed by atoms with E-state index in [0.29, 0.717) is 12.2 Å². The summed E-state index contributed by atoms with van der Waals surface area (Å²) >= 11 is 0. The molecule has 2 heterocycles. The molecule has 23 heavy (non-hydrogen) atoms. The van der Waals surface area contributed by atoms with Crippen LogP contribution in [0.25, 0.3) is 0 Å². The maximum absolute atomic E-state index is 13.8. The van der Waals surface area contributed by atoms with E-state index in [1.807, 2.05) is 19.1 Å².